The van der Waals surface area contributed by atoms with Crippen LogP contribution in [0.4, 0.5) is 22.0 Å². The first-order valence-electron chi connectivity index (χ1n) is 20.4. The van der Waals surface area contributed by atoms with Gasteiger partial charge in [0.2, 0.25) is 0 Å². The van der Waals surface area contributed by atoms with Gasteiger partial charge in [0.05, 0.1) is 6.10 Å². The van der Waals surface area contributed by atoms with Gasteiger partial charge in [0.1, 0.15) is 5.75 Å². The third-order valence-corrected chi connectivity index (χ3v) is 15.8. The predicted molar refractivity (Wildman–Crippen MR) is 203 cm³/mol. The van der Waals surface area contributed by atoms with Gasteiger partial charge in [-0.2, -0.15) is 22.0 Å². The van der Waals surface area contributed by atoms with Crippen LogP contribution in [0.5, 0.6) is 5.75 Å². The van der Waals surface area contributed by atoms with E-state index in [1.165, 1.54) is 49.7 Å². The number of phenols is 1. The number of fused-ring (bicyclic) bond motifs is 5. The van der Waals surface area contributed by atoms with Crippen molar-refractivity contribution in [1.29, 1.82) is 0 Å². The molecule has 3 aliphatic rings. The maximum atomic E-state index is 12.9. The molecule has 0 amide bonds. The Bertz CT molecular complexity index is 1280. The van der Waals surface area contributed by atoms with Crippen molar-refractivity contribution in [1.82, 2.24) is 0 Å². The summed E-state index contributed by atoms with van der Waals surface area (Å²) >= 11 is 0. The van der Waals surface area contributed by atoms with E-state index in [2.05, 4.69) is 13.0 Å². The Hall–Kier alpha value is -1.07. The van der Waals surface area contributed by atoms with Crippen molar-refractivity contribution in [3.05, 3.63) is 29.3 Å². The average Bonchev–Trinajstić information content (AvgIpc) is 3.39. The molecule has 0 spiro atoms. The van der Waals surface area contributed by atoms with Crippen molar-refractivity contribution >= 4 is 21.6 Å². The quantitative estimate of drug-likeness (QED) is 0.0809. The highest BCUT2D eigenvalue weighted by molar-refractivity contribution is 7.85. The number of aliphatic hydroxyl groups excluding tert-OH is 1. The number of alkyl halides is 5. The van der Waals surface area contributed by atoms with Crippen LogP contribution in [0, 0.1) is 23.2 Å². The number of aliphatic hydroxyl groups is 1. The third kappa shape index (κ3) is 12.5. The van der Waals surface area contributed by atoms with E-state index < -0.39 is 46.5 Å². The van der Waals surface area contributed by atoms with Crippen LogP contribution in [0.2, 0.25) is 0 Å². The average molecular weight is 781 g/mol. The molecule has 2 saturated carbocycles. The zero-order valence-corrected chi connectivity index (χ0v) is 33.1. The maximum absolute atomic E-state index is 12.9. The second kappa shape index (κ2) is 20.7. The van der Waals surface area contributed by atoms with Crippen molar-refractivity contribution < 1.29 is 40.6 Å². The molecule has 8 atom stereocenters. The van der Waals surface area contributed by atoms with Crippen molar-refractivity contribution in [3.63, 3.8) is 0 Å². The van der Waals surface area contributed by atoms with Gasteiger partial charge in [-0.15, -0.1) is 0 Å². The first-order valence-corrected chi connectivity index (χ1v) is 23.3. The standard InChI is InChI=1S/C41H65F5O4S2/c1-39-24-22-35-34-19-18-33(47)30-32(34)29-31(38(35)36(39)20-21-37(39)48)17-12-8-4-2-5-9-13-25-51(49)26-14-10-6-3-7-11-15-27-52(50)28-16-23-40(42,43)41(44,45)46/h18-19,30-31,35-38,47-48H,2-17,20-29H2,1H3. The minimum absolute atomic E-state index is 0.0551. The van der Waals surface area contributed by atoms with Gasteiger partial charge in [0.25, 0.3) is 0 Å². The minimum Gasteiger partial charge on any atom is -0.508 e. The number of unbranched alkanes of at least 4 members (excludes halogenated alkanes) is 12. The summed E-state index contributed by atoms with van der Waals surface area (Å²) < 4.78 is 86.8. The van der Waals surface area contributed by atoms with Crippen LogP contribution >= 0.6 is 0 Å². The molecular weight excluding hydrogens is 716 g/mol. The lowest BCUT2D eigenvalue weighted by atomic mass is 9.52. The summed E-state index contributed by atoms with van der Waals surface area (Å²) in [7, 11) is -2.13. The lowest BCUT2D eigenvalue weighted by Crippen LogP contribution is -2.47. The zero-order valence-electron chi connectivity index (χ0n) is 31.4. The number of benzene rings is 1. The van der Waals surface area contributed by atoms with E-state index in [4.69, 9.17) is 0 Å². The summed E-state index contributed by atoms with van der Waals surface area (Å²) in [6.45, 7) is 2.34. The van der Waals surface area contributed by atoms with Gasteiger partial charge >= 0.3 is 12.1 Å². The van der Waals surface area contributed by atoms with Crippen molar-refractivity contribution in [2.75, 3.05) is 23.0 Å². The number of hydrogen-bond acceptors (Lipinski definition) is 4. The van der Waals surface area contributed by atoms with E-state index in [-0.39, 0.29) is 17.3 Å². The molecular formula is C41H65F5O4S2. The SMILES string of the molecule is CC12CCC3c4ccc(O)cc4CC(CCCCCCCCCS(=O)CCCCCCCCCS(=O)CCCC(F)(F)C(F)(F)F)C3C1CCC2O. The highest BCUT2D eigenvalue weighted by Crippen LogP contribution is 2.62. The molecule has 0 aromatic heterocycles. The molecule has 8 unspecified atom stereocenters. The topological polar surface area (TPSA) is 74.6 Å². The molecule has 0 bridgehead atoms. The molecule has 0 radical (unpaired) electrons. The summed E-state index contributed by atoms with van der Waals surface area (Å²) in [4.78, 5) is 0. The molecule has 300 valence electrons. The Kier molecular flexibility index (Phi) is 17.4. The Morgan fingerprint density at radius 3 is 1.81 bits per heavy atom. The number of rotatable bonds is 24. The Balaban J connectivity index is 0.971. The molecule has 1 aromatic carbocycles. The van der Waals surface area contributed by atoms with Crippen molar-refractivity contribution in [2.45, 2.75) is 172 Å². The van der Waals surface area contributed by atoms with Gasteiger partial charge in [-0.1, -0.05) is 83.6 Å². The minimum atomic E-state index is -5.55. The fourth-order valence-electron chi connectivity index (χ4n) is 9.80. The lowest BCUT2D eigenvalue weighted by Gasteiger charge is -2.53. The van der Waals surface area contributed by atoms with E-state index in [0.29, 0.717) is 41.6 Å². The normalized spacial score (nSPS) is 27.2. The first-order chi connectivity index (χ1) is 24.7. The third-order valence-electron chi connectivity index (χ3n) is 12.8. The van der Waals surface area contributed by atoms with Gasteiger partial charge in [0, 0.05) is 51.0 Å². The highest BCUT2D eigenvalue weighted by atomic mass is 32.2. The van der Waals surface area contributed by atoms with Gasteiger partial charge in [-0.05, 0) is 117 Å². The summed E-state index contributed by atoms with van der Waals surface area (Å²) in [5.74, 6) is -0.187. The summed E-state index contributed by atoms with van der Waals surface area (Å²) in [5.41, 5.74) is 2.85. The van der Waals surface area contributed by atoms with Crippen LogP contribution in [0.3, 0.4) is 0 Å². The highest BCUT2D eigenvalue weighted by Gasteiger charge is 2.57. The number of aromatic hydroxyl groups is 1. The lowest BCUT2D eigenvalue weighted by molar-refractivity contribution is -0.284. The number of phenolic OH excluding ortho intramolecular Hbond substituents is 1. The summed E-state index contributed by atoms with van der Waals surface area (Å²) in [6, 6.07) is 6.03. The molecule has 4 rings (SSSR count). The predicted octanol–water partition coefficient (Wildman–Crippen LogP) is 11.2. The molecule has 4 nitrogen and oxygen atoms in total. The van der Waals surface area contributed by atoms with E-state index in [9.17, 15) is 40.6 Å². The molecule has 0 aliphatic heterocycles. The summed E-state index contributed by atoms with van der Waals surface area (Å²) in [5, 5.41) is 21.1. The van der Waals surface area contributed by atoms with Crippen LogP contribution < -0.4 is 0 Å². The molecule has 0 saturated heterocycles. The molecule has 0 heterocycles. The largest absolute Gasteiger partial charge is 0.508 e. The number of hydrogen-bond donors (Lipinski definition) is 2. The van der Waals surface area contributed by atoms with E-state index in [0.717, 1.165) is 95.0 Å². The smallest absolute Gasteiger partial charge is 0.453 e. The van der Waals surface area contributed by atoms with E-state index >= 15 is 0 Å². The molecule has 2 fully saturated rings. The zero-order chi connectivity index (χ0) is 37.8. The second-order valence-corrected chi connectivity index (χ2v) is 19.9. The van der Waals surface area contributed by atoms with Gasteiger partial charge < -0.3 is 10.2 Å². The summed E-state index contributed by atoms with van der Waals surface area (Å²) in [6.07, 6.45) is 14.0. The van der Waals surface area contributed by atoms with Crippen LogP contribution in [0.15, 0.2) is 18.2 Å². The van der Waals surface area contributed by atoms with Gasteiger partial charge in [-0.3, -0.25) is 8.42 Å². The monoisotopic (exact) mass is 780 g/mol. The Labute approximate surface area is 314 Å². The fourth-order valence-corrected chi connectivity index (χ4v) is 12.2. The molecule has 3 aliphatic carbocycles. The van der Waals surface area contributed by atoms with E-state index in [1.54, 1.807) is 0 Å². The molecule has 52 heavy (non-hydrogen) atoms. The first kappa shape index (κ1) is 43.7. The van der Waals surface area contributed by atoms with Gasteiger partial charge in [0.15, 0.2) is 0 Å². The Morgan fingerprint density at radius 1 is 0.731 bits per heavy atom. The Morgan fingerprint density at radius 2 is 1.25 bits per heavy atom. The number of halogens is 5. The van der Waals surface area contributed by atoms with E-state index in [1.807, 2.05) is 12.1 Å². The van der Waals surface area contributed by atoms with Crippen molar-refractivity contribution in [3.8, 4) is 5.75 Å². The molecule has 1 aromatic rings. The van der Waals surface area contributed by atoms with Crippen LogP contribution in [-0.2, 0) is 28.0 Å². The van der Waals surface area contributed by atoms with Crippen LogP contribution in [0.25, 0.3) is 0 Å². The van der Waals surface area contributed by atoms with Crippen LogP contribution in [0.1, 0.15) is 159 Å². The van der Waals surface area contributed by atoms with Gasteiger partial charge in [-0.25, -0.2) is 0 Å². The molecule has 2 N–H and O–H groups in total. The van der Waals surface area contributed by atoms with Crippen LogP contribution in [-0.4, -0.2) is 59.8 Å². The second-order valence-electron chi connectivity index (χ2n) is 16.5. The molecule has 11 heteroatoms. The van der Waals surface area contributed by atoms with Crippen molar-refractivity contribution in [2.24, 2.45) is 23.2 Å². The maximum Gasteiger partial charge on any atom is 0.453 e. The fraction of sp³-hybridized carbons (Fsp3) is 0.854.